The third kappa shape index (κ3) is 4.11. The van der Waals surface area contributed by atoms with Crippen LogP contribution in [0.2, 0.25) is 5.02 Å². The zero-order valence-corrected chi connectivity index (χ0v) is 17.2. The molecule has 4 nitrogen and oxygen atoms in total. The van der Waals surface area contributed by atoms with Gasteiger partial charge in [-0.1, -0.05) is 59.3 Å². The second-order valence-electron chi connectivity index (χ2n) is 6.64. The molecule has 0 saturated heterocycles. The zero-order chi connectivity index (χ0) is 20.4. The molecule has 144 valence electrons. The van der Waals surface area contributed by atoms with Gasteiger partial charge in [-0.25, -0.2) is 0 Å². The number of benzene rings is 2. The third-order valence-electron chi connectivity index (χ3n) is 4.55. The number of carbonyl (C=O) groups is 2. The summed E-state index contributed by atoms with van der Waals surface area (Å²) in [6.45, 7) is 2.12. The number of thioether (sulfide) groups is 1. The maximum atomic E-state index is 13.2. The topological polar surface area (TPSA) is 50.3 Å². The lowest BCUT2D eigenvalue weighted by atomic mass is 10.0. The van der Waals surface area contributed by atoms with Gasteiger partial charge in [-0.15, -0.1) is 0 Å². The molecule has 2 aromatic carbocycles. The average molecular weight is 421 g/mol. The smallest absolute Gasteiger partial charge is 0.268 e. The van der Waals surface area contributed by atoms with E-state index in [2.05, 4.69) is 4.98 Å². The number of hydrogen-bond acceptors (Lipinski definition) is 4. The molecule has 3 aromatic rings. The van der Waals surface area contributed by atoms with Crippen LogP contribution < -0.4 is 0 Å². The van der Waals surface area contributed by atoms with Crippen molar-refractivity contribution in [2.45, 2.75) is 18.4 Å². The zero-order valence-electron chi connectivity index (χ0n) is 15.6. The second-order valence-corrected chi connectivity index (χ2v) is 8.16. The Kier molecular flexibility index (Phi) is 5.51. The minimum atomic E-state index is -0.309. The fraction of sp³-hybridized carbons (Fsp3) is 0.0870. The summed E-state index contributed by atoms with van der Waals surface area (Å²) in [5, 5.41) is 0.618. The normalized spacial score (nSPS) is 14.1. The van der Waals surface area contributed by atoms with Crippen molar-refractivity contribution in [2.75, 3.05) is 0 Å². The van der Waals surface area contributed by atoms with E-state index in [9.17, 15) is 9.59 Å². The molecule has 1 aliphatic rings. The van der Waals surface area contributed by atoms with Crippen molar-refractivity contribution >= 4 is 40.8 Å². The molecular weight excluding hydrogens is 404 g/mol. The number of halogens is 1. The van der Waals surface area contributed by atoms with Crippen molar-refractivity contribution in [3.05, 3.63) is 99.7 Å². The molecule has 0 saturated carbocycles. The van der Waals surface area contributed by atoms with Crippen LogP contribution in [0.25, 0.3) is 5.57 Å². The van der Waals surface area contributed by atoms with Crippen molar-refractivity contribution in [3.63, 3.8) is 0 Å². The maximum Gasteiger partial charge on any atom is 0.268 e. The van der Waals surface area contributed by atoms with E-state index >= 15 is 0 Å². The molecule has 0 spiro atoms. The van der Waals surface area contributed by atoms with Crippen LogP contribution in [0.4, 0.5) is 0 Å². The van der Waals surface area contributed by atoms with Gasteiger partial charge in [-0.2, -0.15) is 0 Å². The number of amides is 2. The second kappa shape index (κ2) is 8.23. The highest BCUT2D eigenvalue weighted by molar-refractivity contribution is 8.04. The van der Waals surface area contributed by atoms with Gasteiger partial charge in [0.1, 0.15) is 0 Å². The van der Waals surface area contributed by atoms with Gasteiger partial charge in [0.25, 0.3) is 11.8 Å². The molecule has 29 heavy (non-hydrogen) atoms. The minimum absolute atomic E-state index is 0.137. The molecular formula is C23H17ClN2O2S. The molecule has 6 heteroatoms. The van der Waals surface area contributed by atoms with E-state index in [4.69, 9.17) is 11.6 Å². The van der Waals surface area contributed by atoms with E-state index in [1.165, 1.54) is 16.7 Å². The summed E-state index contributed by atoms with van der Waals surface area (Å²) >= 11 is 7.26. The lowest BCUT2D eigenvalue weighted by Gasteiger charge is -2.14. The molecule has 0 bridgehead atoms. The Labute approximate surface area is 178 Å². The van der Waals surface area contributed by atoms with Gasteiger partial charge < -0.3 is 0 Å². The Hall–Kier alpha value is -2.89. The molecule has 0 unspecified atom stereocenters. The fourth-order valence-corrected chi connectivity index (χ4v) is 4.18. The van der Waals surface area contributed by atoms with Crippen LogP contribution in [-0.4, -0.2) is 21.7 Å². The summed E-state index contributed by atoms with van der Waals surface area (Å²) < 4.78 is 0. The Bertz CT molecular complexity index is 1090. The monoisotopic (exact) mass is 420 g/mol. The summed E-state index contributed by atoms with van der Waals surface area (Å²) in [6.07, 6.45) is 1.65. The molecule has 0 aliphatic carbocycles. The molecule has 1 aromatic heterocycles. The maximum absolute atomic E-state index is 13.2. The van der Waals surface area contributed by atoms with E-state index in [1.54, 1.807) is 30.5 Å². The van der Waals surface area contributed by atoms with Crippen LogP contribution >= 0.6 is 23.4 Å². The summed E-state index contributed by atoms with van der Waals surface area (Å²) in [5.74, 6) is -0.614. The average Bonchev–Trinajstić information content (AvgIpc) is 2.95. The van der Waals surface area contributed by atoms with Crippen LogP contribution in [0.5, 0.6) is 0 Å². The quantitative estimate of drug-likeness (QED) is 0.538. The highest BCUT2D eigenvalue weighted by atomic mass is 35.5. The fourth-order valence-electron chi connectivity index (χ4n) is 3.04. The number of pyridine rings is 1. The van der Waals surface area contributed by atoms with Gasteiger partial charge in [-0.3, -0.25) is 19.5 Å². The number of imide groups is 1. The number of hydrogen-bond donors (Lipinski definition) is 0. The summed E-state index contributed by atoms with van der Waals surface area (Å²) in [7, 11) is 0. The first kappa shape index (κ1) is 19.4. The molecule has 0 radical (unpaired) electrons. The van der Waals surface area contributed by atoms with Crippen LogP contribution in [0.3, 0.4) is 0 Å². The van der Waals surface area contributed by atoms with Crippen molar-refractivity contribution in [3.8, 4) is 0 Å². The van der Waals surface area contributed by atoms with E-state index in [1.807, 2.05) is 49.4 Å². The number of nitrogens with zero attached hydrogens (tertiary/aromatic N) is 2. The first-order valence-corrected chi connectivity index (χ1v) is 10.2. The van der Waals surface area contributed by atoms with Crippen molar-refractivity contribution in [2.24, 2.45) is 0 Å². The number of aromatic nitrogens is 1. The van der Waals surface area contributed by atoms with Gasteiger partial charge in [0.2, 0.25) is 0 Å². The Balaban J connectivity index is 1.74. The van der Waals surface area contributed by atoms with Crippen LogP contribution in [0.15, 0.2) is 82.7 Å². The van der Waals surface area contributed by atoms with Gasteiger partial charge >= 0.3 is 0 Å². The first-order valence-electron chi connectivity index (χ1n) is 9.04. The highest BCUT2D eigenvalue weighted by Gasteiger charge is 2.39. The number of carbonyl (C=O) groups excluding carboxylic acids is 2. The number of aryl methyl sites for hydroxylation is 1. The summed E-state index contributed by atoms with van der Waals surface area (Å²) in [6, 6.07) is 20.3. The van der Waals surface area contributed by atoms with Crippen LogP contribution in [-0.2, 0) is 16.1 Å². The predicted molar refractivity (Wildman–Crippen MR) is 115 cm³/mol. The van der Waals surface area contributed by atoms with Gasteiger partial charge in [0.15, 0.2) is 0 Å². The third-order valence-corrected chi connectivity index (χ3v) is 5.89. The van der Waals surface area contributed by atoms with E-state index in [-0.39, 0.29) is 18.4 Å². The molecule has 0 fully saturated rings. The van der Waals surface area contributed by atoms with Gasteiger partial charge in [-0.05, 0) is 48.9 Å². The van der Waals surface area contributed by atoms with E-state index < -0.39 is 0 Å². The summed E-state index contributed by atoms with van der Waals surface area (Å²) in [4.78, 5) is 33.2. The molecule has 2 amide bonds. The van der Waals surface area contributed by atoms with Crippen molar-refractivity contribution in [1.82, 2.24) is 9.88 Å². The van der Waals surface area contributed by atoms with E-state index in [0.717, 1.165) is 16.0 Å². The van der Waals surface area contributed by atoms with Crippen LogP contribution in [0.1, 0.15) is 16.8 Å². The molecule has 0 atom stereocenters. The van der Waals surface area contributed by atoms with Gasteiger partial charge in [0, 0.05) is 16.1 Å². The lowest BCUT2D eigenvalue weighted by molar-refractivity contribution is -0.137. The standard InChI is InChI=1S/C23H17ClN2O2S/c1-15-5-7-16(8-6-15)20-21(29-19-11-9-17(24)10-12-19)23(28)26(22(20)27)14-18-4-2-3-13-25-18/h2-13H,14H2,1H3. The molecule has 4 rings (SSSR count). The Morgan fingerprint density at radius 2 is 1.66 bits per heavy atom. The molecule has 2 heterocycles. The SMILES string of the molecule is Cc1ccc(C2=C(Sc3ccc(Cl)cc3)C(=O)N(Cc3ccccn3)C2=O)cc1. The van der Waals surface area contributed by atoms with Gasteiger partial charge in [0.05, 0.1) is 22.7 Å². The summed E-state index contributed by atoms with van der Waals surface area (Å²) in [5.41, 5.74) is 2.90. The van der Waals surface area contributed by atoms with Crippen molar-refractivity contribution in [1.29, 1.82) is 0 Å². The van der Waals surface area contributed by atoms with Crippen molar-refractivity contribution < 1.29 is 9.59 Å². The highest BCUT2D eigenvalue weighted by Crippen LogP contribution is 2.40. The minimum Gasteiger partial charge on any atom is -0.269 e. The lowest BCUT2D eigenvalue weighted by Crippen LogP contribution is -2.31. The molecule has 0 N–H and O–H groups in total. The first-order chi connectivity index (χ1) is 14.0. The van der Waals surface area contributed by atoms with E-state index in [0.29, 0.717) is 21.2 Å². The largest absolute Gasteiger partial charge is 0.269 e. The number of rotatable bonds is 5. The predicted octanol–water partition coefficient (Wildman–Crippen LogP) is 5.12. The molecule has 1 aliphatic heterocycles. The Morgan fingerprint density at radius 3 is 2.31 bits per heavy atom. The Morgan fingerprint density at radius 1 is 0.931 bits per heavy atom. The van der Waals surface area contributed by atoms with Crippen LogP contribution in [0, 0.1) is 6.92 Å².